The van der Waals surface area contributed by atoms with Crippen LogP contribution in [0, 0.1) is 40.5 Å². The van der Waals surface area contributed by atoms with Crippen LogP contribution in [0.25, 0.3) is 0 Å². The molecule has 0 atom stereocenters. The molecule has 174 valence electrons. The topological polar surface area (TPSA) is 254 Å². The van der Waals surface area contributed by atoms with Crippen LogP contribution in [-0.2, 0) is 6.18 Å². The Morgan fingerprint density at radius 3 is 1.58 bits per heavy atom. The number of hydrogen-bond acceptors (Lipinski definition) is 12. The van der Waals surface area contributed by atoms with E-state index in [1.54, 1.807) is 13.8 Å². The van der Waals surface area contributed by atoms with E-state index in [4.69, 9.17) is 5.73 Å². The van der Waals surface area contributed by atoms with Gasteiger partial charge >= 0.3 is 17.8 Å². The van der Waals surface area contributed by atoms with Gasteiger partial charge in [0.2, 0.25) is 0 Å². The Hall–Kier alpha value is -3.87. The quantitative estimate of drug-likeness (QED) is 0.224. The predicted octanol–water partition coefficient (Wildman–Crippen LogP) is 1.02. The molecule has 1 rings (SSSR count). The largest absolute Gasteiger partial charge is 0.584 e. The van der Waals surface area contributed by atoms with E-state index in [-0.39, 0.29) is 19.2 Å². The summed E-state index contributed by atoms with van der Waals surface area (Å²) in [4.78, 5) is 37.6. The lowest BCUT2D eigenvalue weighted by molar-refractivity contribution is -0.795. The number of anilines is 2. The second-order valence-electron chi connectivity index (χ2n) is 5.54. The summed E-state index contributed by atoms with van der Waals surface area (Å²) in [7, 11) is 0. The number of alkyl halides is 3. The molecule has 19 heteroatoms. The number of rotatable bonds is 7. The molecule has 1 aromatic rings. The van der Waals surface area contributed by atoms with Crippen LogP contribution in [0.2, 0.25) is 0 Å². The molecule has 0 aromatic heterocycles. The highest BCUT2D eigenvalue weighted by Crippen LogP contribution is 2.48. The molecular weight excluding hydrogens is 441 g/mol. The average molecular weight is 458 g/mol. The Balaban J connectivity index is 0.000000842. The van der Waals surface area contributed by atoms with E-state index >= 15 is 0 Å². The summed E-state index contributed by atoms with van der Waals surface area (Å²) >= 11 is 0. The van der Waals surface area contributed by atoms with Crippen molar-refractivity contribution < 1.29 is 32.9 Å². The summed E-state index contributed by atoms with van der Waals surface area (Å²) in [5, 5.41) is 41.4. The van der Waals surface area contributed by atoms with E-state index in [1.165, 1.54) is 4.90 Å². The molecule has 16 nitrogen and oxygen atoms in total. The highest BCUT2D eigenvalue weighted by molar-refractivity contribution is 5.86. The standard InChI is InChI=1S/C11H13F3N4O4.CH4N4O4/c1-3-16(4-2)9-7(17(19)20)5-6(11(12,13)14)8(15)10(9)18(21)22;2-1(3,4(6)7)5(8)9/h5H,3-4,15H2,1-2H3;2-3H2. The molecule has 0 saturated heterocycles. The monoisotopic (exact) mass is 458 g/mol. The summed E-state index contributed by atoms with van der Waals surface area (Å²) in [6.07, 6.45) is -5.04. The number of hydrogen-bond donors (Lipinski definition) is 3. The van der Waals surface area contributed by atoms with Gasteiger partial charge in [0.05, 0.1) is 15.4 Å². The number of nitrogens with two attached hydrogens (primary N) is 3. The lowest BCUT2D eigenvalue weighted by atomic mass is 10.1. The minimum atomic E-state index is -5.04. The molecule has 31 heavy (non-hydrogen) atoms. The van der Waals surface area contributed by atoms with Crippen molar-refractivity contribution in [3.05, 3.63) is 52.1 Å². The van der Waals surface area contributed by atoms with Gasteiger partial charge in [0, 0.05) is 19.2 Å². The fourth-order valence-electron chi connectivity index (χ4n) is 2.14. The van der Waals surface area contributed by atoms with Crippen molar-refractivity contribution in [2.45, 2.75) is 25.9 Å². The van der Waals surface area contributed by atoms with Gasteiger partial charge in [-0.05, 0) is 13.8 Å². The average Bonchev–Trinajstić information content (AvgIpc) is 2.61. The fraction of sp³-hybridized carbons (Fsp3) is 0.500. The molecule has 0 aliphatic rings. The van der Waals surface area contributed by atoms with Gasteiger partial charge in [-0.25, -0.2) is 0 Å². The third-order valence-electron chi connectivity index (χ3n) is 3.64. The van der Waals surface area contributed by atoms with Crippen molar-refractivity contribution in [3.63, 3.8) is 0 Å². The third kappa shape index (κ3) is 6.05. The Morgan fingerprint density at radius 2 is 1.35 bits per heavy atom. The second-order valence-corrected chi connectivity index (χ2v) is 5.54. The zero-order chi connectivity index (χ0) is 24.9. The SMILES string of the molecule is CCN(CC)c1c([N+](=O)[O-])cc(C(F)(F)F)c(N)c1[N+](=O)[O-].NC(N)([N+](=O)[O-])[N+](=O)[O-]. The van der Waals surface area contributed by atoms with Crippen LogP contribution in [0.5, 0.6) is 0 Å². The van der Waals surface area contributed by atoms with E-state index in [0.29, 0.717) is 0 Å². The predicted molar refractivity (Wildman–Crippen MR) is 97.8 cm³/mol. The number of halogens is 3. The molecule has 0 saturated carbocycles. The van der Waals surface area contributed by atoms with Crippen LogP contribution in [0.3, 0.4) is 0 Å². The first-order valence-electron chi connectivity index (χ1n) is 7.89. The summed E-state index contributed by atoms with van der Waals surface area (Å²) in [5.41, 5.74) is 8.68. The fourth-order valence-corrected chi connectivity index (χ4v) is 2.14. The Kier molecular flexibility index (Phi) is 8.54. The van der Waals surface area contributed by atoms with Gasteiger partial charge in [-0.15, -0.1) is 0 Å². The normalized spacial score (nSPS) is 11.2. The second kappa shape index (κ2) is 9.75. The molecule has 0 fully saturated rings. The van der Waals surface area contributed by atoms with Gasteiger partial charge in [0.25, 0.3) is 5.69 Å². The summed E-state index contributed by atoms with van der Waals surface area (Å²) in [5.74, 6) is -3.06. The first-order valence-corrected chi connectivity index (χ1v) is 7.89. The van der Waals surface area contributed by atoms with E-state index in [2.05, 4.69) is 11.5 Å². The first-order chi connectivity index (χ1) is 13.9. The molecule has 0 amide bonds. The summed E-state index contributed by atoms with van der Waals surface area (Å²) < 4.78 is 38.7. The minimum absolute atomic E-state index is 0.128. The van der Waals surface area contributed by atoms with Crippen LogP contribution >= 0.6 is 0 Å². The van der Waals surface area contributed by atoms with Gasteiger partial charge in [-0.3, -0.25) is 40.5 Å². The summed E-state index contributed by atoms with van der Waals surface area (Å²) in [6, 6.07) is 0.232. The Labute approximate surface area is 170 Å². The highest BCUT2D eigenvalue weighted by atomic mass is 19.4. The van der Waals surface area contributed by atoms with Crippen molar-refractivity contribution in [1.82, 2.24) is 0 Å². The van der Waals surface area contributed by atoms with Crippen molar-refractivity contribution >= 4 is 22.7 Å². The van der Waals surface area contributed by atoms with E-state index < -0.39 is 60.1 Å². The van der Waals surface area contributed by atoms with E-state index in [9.17, 15) is 53.6 Å². The number of nitrogen functional groups attached to an aromatic ring is 1. The van der Waals surface area contributed by atoms with Crippen molar-refractivity contribution in [2.24, 2.45) is 11.5 Å². The first kappa shape index (κ1) is 27.1. The van der Waals surface area contributed by atoms with Gasteiger partial charge in [0.1, 0.15) is 15.5 Å². The molecule has 0 bridgehead atoms. The lowest BCUT2D eigenvalue weighted by Crippen LogP contribution is -2.62. The minimum Gasteiger partial charge on any atom is -0.393 e. The molecule has 0 unspecified atom stereocenters. The third-order valence-corrected chi connectivity index (χ3v) is 3.64. The Bertz CT molecular complexity index is 872. The van der Waals surface area contributed by atoms with Crippen molar-refractivity contribution in [2.75, 3.05) is 23.7 Å². The molecule has 0 radical (unpaired) electrons. The van der Waals surface area contributed by atoms with E-state index in [1.807, 2.05) is 0 Å². The van der Waals surface area contributed by atoms with E-state index in [0.717, 1.165) is 0 Å². The number of nitro groups is 4. The molecule has 0 spiro atoms. The maximum Gasteiger partial charge on any atom is 0.584 e. The smallest absolute Gasteiger partial charge is 0.393 e. The van der Waals surface area contributed by atoms with Crippen LogP contribution in [0.4, 0.5) is 35.9 Å². The van der Waals surface area contributed by atoms with Gasteiger partial charge in [-0.2, -0.15) is 24.6 Å². The van der Waals surface area contributed by atoms with Crippen LogP contribution in [-0.4, -0.2) is 38.7 Å². The zero-order valence-electron chi connectivity index (χ0n) is 15.9. The van der Waals surface area contributed by atoms with Crippen molar-refractivity contribution in [3.8, 4) is 0 Å². The number of nitrogens with zero attached hydrogens (tertiary/aromatic N) is 5. The maximum absolute atomic E-state index is 12.9. The molecule has 1 aromatic carbocycles. The molecule has 0 aliphatic heterocycles. The van der Waals surface area contributed by atoms with Crippen LogP contribution < -0.4 is 22.1 Å². The zero-order valence-corrected chi connectivity index (χ0v) is 15.9. The number of nitro benzene ring substituents is 2. The molecule has 6 N–H and O–H groups in total. The van der Waals surface area contributed by atoms with Gasteiger partial charge in [0.15, 0.2) is 5.69 Å². The van der Waals surface area contributed by atoms with Crippen LogP contribution in [0.15, 0.2) is 6.07 Å². The maximum atomic E-state index is 12.9. The number of benzene rings is 1. The lowest BCUT2D eigenvalue weighted by Gasteiger charge is -2.22. The Morgan fingerprint density at radius 1 is 0.935 bits per heavy atom. The summed E-state index contributed by atoms with van der Waals surface area (Å²) in [6.45, 7) is 3.38. The van der Waals surface area contributed by atoms with Gasteiger partial charge < -0.3 is 10.6 Å². The van der Waals surface area contributed by atoms with Gasteiger partial charge in [-0.1, -0.05) is 0 Å². The van der Waals surface area contributed by atoms with Crippen molar-refractivity contribution in [1.29, 1.82) is 0 Å². The highest BCUT2D eigenvalue weighted by Gasteiger charge is 2.47. The molecule has 0 heterocycles. The molecular formula is C12H17F3N8O8. The molecule has 0 aliphatic carbocycles. The van der Waals surface area contributed by atoms with Crippen LogP contribution in [0.1, 0.15) is 19.4 Å².